The number of aryl methyl sites for hydroxylation is 3. The van der Waals surface area contributed by atoms with Crippen LogP contribution in [0.1, 0.15) is 28.5 Å². The Morgan fingerprint density at radius 2 is 1.53 bits per heavy atom. The monoisotopic (exact) mass is 280 g/mol. The largest absolute Gasteiger partial charge is 1.00 e. The van der Waals surface area contributed by atoms with Gasteiger partial charge in [0, 0.05) is 5.56 Å². The van der Waals surface area contributed by atoms with Crippen molar-refractivity contribution in [2.24, 2.45) is 0 Å². The van der Waals surface area contributed by atoms with E-state index in [0.29, 0.717) is 0 Å². The van der Waals surface area contributed by atoms with Gasteiger partial charge in [-0.1, -0.05) is 48.0 Å². The molecule has 1 unspecified atom stereocenters. The fourth-order valence-corrected chi connectivity index (χ4v) is 3.39. The average Bonchev–Trinajstić information content (AvgIpc) is 2.28. The van der Waals surface area contributed by atoms with E-state index >= 15 is 0 Å². The first kappa shape index (κ1) is 16.6. The van der Waals surface area contributed by atoms with E-state index in [4.69, 9.17) is 0 Å². The second kappa shape index (κ2) is 7.36. The second-order valence-electron chi connectivity index (χ2n) is 4.59. The Hall–Kier alpha value is -0.460. The Morgan fingerprint density at radius 3 is 2.05 bits per heavy atom. The van der Waals surface area contributed by atoms with Gasteiger partial charge in [0.1, 0.15) is 0 Å². The van der Waals surface area contributed by atoms with E-state index in [1.165, 1.54) is 5.56 Å². The normalized spacial score (nSPS) is 10.5. The Kier molecular flexibility index (Phi) is 6.42. The molecule has 0 saturated carbocycles. The van der Waals surface area contributed by atoms with Gasteiger partial charge in [-0.2, -0.15) is 0 Å². The van der Waals surface area contributed by atoms with E-state index in [1.807, 2.05) is 44.2 Å². The molecule has 19 heavy (non-hydrogen) atoms. The molecule has 1 atom stereocenters. The fraction of sp³-hybridized carbons (Fsp3) is 0.188. The van der Waals surface area contributed by atoms with Gasteiger partial charge in [0.25, 0.3) is 0 Å². The van der Waals surface area contributed by atoms with Crippen molar-refractivity contribution < 1.29 is 35.8 Å². The molecule has 2 aromatic carbocycles. The van der Waals surface area contributed by atoms with E-state index in [9.17, 15) is 4.79 Å². The van der Waals surface area contributed by atoms with Crippen LogP contribution >= 0.6 is 8.58 Å². The molecular weight excluding hydrogens is 262 g/mol. The minimum absolute atomic E-state index is 0. The Morgan fingerprint density at radius 1 is 1.00 bits per heavy atom. The maximum absolute atomic E-state index is 12.4. The molecule has 0 saturated heterocycles. The quantitative estimate of drug-likeness (QED) is 0.602. The van der Waals surface area contributed by atoms with Crippen LogP contribution in [0.15, 0.2) is 42.5 Å². The van der Waals surface area contributed by atoms with Gasteiger partial charge in [-0.15, -0.1) is 0 Å². The third-order valence-electron chi connectivity index (χ3n) is 2.94. The zero-order valence-corrected chi connectivity index (χ0v) is 14.9. The first-order valence-corrected chi connectivity index (χ1v) is 7.02. The first-order chi connectivity index (χ1) is 8.58. The molecule has 0 fully saturated rings. The van der Waals surface area contributed by atoms with Crippen molar-refractivity contribution in [1.29, 1.82) is 0 Å². The molecule has 3 heteroatoms. The summed E-state index contributed by atoms with van der Waals surface area (Å²) in [5.74, 6) is 0. The van der Waals surface area contributed by atoms with Gasteiger partial charge in [0.15, 0.2) is 5.52 Å². The van der Waals surface area contributed by atoms with Gasteiger partial charge in [-0.25, -0.2) is 0 Å². The van der Waals surface area contributed by atoms with Crippen molar-refractivity contribution in [2.45, 2.75) is 20.8 Å². The summed E-state index contributed by atoms with van der Waals surface area (Å²) in [6.07, 6.45) is 0. The van der Waals surface area contributed by atoms with E-state index in [-0.39, 0.29) is 45.1 Å². The first-order valence-electron chi connectivity index (χ1n) is 6.02. The van der Waals surface area contributed by atoms with Gasteiger partial charge >= 0.3 is 29.6 Å². The van der Waals surface area contributed by atoms with E-state index in [1.54, 1.807) is 0 Å². The minimum atomic E-state index is 0. The molecule has 0 spiro atoms. The summed E-state index contributed by atoms with van der Waals surface area (Å²) in [5.41, 5.74) is 4.51. The summed E-state index contributed by atoms with van der Waals surface area (Å²) < 4.78 is 0. The fourth-order valence-electron chi connectivity index (χ4n) is 2.25. The SMILES string of the molecule is Cc1cc(C)c(C(=O)Pc2ccccc2)c(C)c1.[H-].[Na+]. The summed E-state index contributed by atoms with van der Waals surface area (Å²) in [5, 5.41) is 1.10. The van der Waals surface area contributed by atoms with Crippen molar-refractivity contribution >= 4 is 19.4 Å². The van der Waals surface area contributed by atoms with Crippen LogP contribution in [0.3, 0.4) is 0 Å². The molecule has 2 aromatic rings. The zero-order chi connectivity index (χ0) is 13.1. The molecule has 0 aliphatic rings. The molecule has 0 bridgehead atoms. The Labute approximate surface area is 140 Å². The van der Waals surface area contributed by atoms with Crippen LogP contribution < -0.4 is 34.9 Å². The molecule has 0 aromatic heterocycles. The molecule has 0 heterocycles. The topological polar surface area (TPSA) is 17.1 Å². The standard InChI is InChI=1S/C16H17OP.Na.H/c1-11-9-12(2)15(13(3)10-11)16(17)18-14-7-5-4-6-8-14;;/h4-10,18H,1-3H3;;/q;+1;-1. The van der Waals surface area contributed by atoms with Crippen LogP contribution in [0.25, 0.3) is 0 Å². The maximum Gasteiger partial charge on any atom is 1.00 e. The van der Waals surface area contributed by atoms with Gasteiger partial charge < -0.3 is 1.43 Å². The predicted octanol–water partition coefficient (Wildman–Crippen LogP) is 0.873. The van der Waals surface area contributed by atoms with Gasteiger partial charge in [0.2, 0.25) is 0 Å². The summed E-state index contributed by atoms with van der Waals surface area (Å²) in [4.78, 5) is 12.4. The van der Waals surface area contributed by atoms with Crippen molar-refractivity contribution in [3.05, 3.63) is 64.7 Å². The number of rotatable bonds is 3. The van der Waals surface area contributed by atoms with E-state index in [0.717, 1.165) is 22.0 Å². The van der Waals surface area contributed by atoms with Crippen LogP contribution in [0, 0.1) is 20.8 Å². The predicted molar refractivity (Wildman–Crippen MR) is 80.5 cm³/mol. The molecule has 1 nitrogen and oxygen atoms in total. The Balaban J connectivity index is 0.00000180. The number of carbonyl (C=O) groups is 1. The van der Waals surface area contributed by atoms with Crippen LogP contribution in [-0.2, 0) is 0 Å². The van der Waals surface area contributed by atoms with Crippen LogP contribution in [0.5, 0.6) is 0 Å². The molecule has 94 valence electrons. The van der Waals surface area contributed by atoms with Crippen molar-refractivity contribution in [3.8, 4) is 0 Å². The summed E-state index contributed by atoms with van der Waals surface area (Å²) in [6.45, 7) is 6.10. The van der Waals surface area contributed by atoms with Crippen LogP contribution in [-0.4, -0.2) is 5.52 Å². The zero-order valence-electron chi connectivity index (χ0n) is 12.9. The molecular formula is C16H18NaOP. The number of benzene rings is 2. The maximum atomic E-state index is 12.4. The average molecular weight is 280 g/mol. The summed E-state index contributed by atoms with van der Waals surface area (Å²) in [7, 11) is 0.206. The third kappa shape index (κ3) is 4.26. The third-order valence-corrected chi connectivity index (χ3v) is 4.03. The molecule has 0 N–H and O–H groups in total. The molecule has 0 aliphatic heterocycles. The van der Waals surface area contributed by atoms with Crippen LogP contribution in [0.4, 0.5) is 0 Å². The van der Waals surface area contributed by atoms with Crippen molar-refractivity contribution in [1.82, 2.24) is 0 Å². The molecule has 2 rings (SSSR count). The van der Waals surface area contributed by atoms with Crippen molar-refractivity contribution in [3.63, 3.8) is 0 Å². The van der Waals surface area contributed by atoms with Crippen LogP contribution in [0.2, 0.25) is 0 Å². The molecule has 0 radical (unpaired) electrons. The second-order valence-corrected chi connectivity index (χ2v) is 5.88. The van der Waals surface area contributed by atoms with E-state index < -0.39 is 0 Å². The van der Waals surface area contributed by atoms with Gasteiger partial charge in [-0.3, -0.25) is 4.79 Å². The summed E-state index contributed by atoms with van der Waals surface area (Å²) >= 11 is 0. The Bertz CT molecular complexity index is 561. The summed E-state index contributed by atoms with van der Waals surface area (Å²) in [6, 6.07) is 14.1. The molecule has 0 aliphatic carbocycles. The smallest absolute Gasteiger partial charge is 1.00 e. The number of hydrogen-bond donors (Lipinski definition) is 0. The molecule has 0 amide bonds. The van der Waals surface area contributed by atoms with E-state index in [2.05, 4.69) is 19.1 Å². The van der Waals surface area contributed by atoms with Gasteiger partial charge in [0.05, 0.1) is 0 Å². The number of hydrogen-bond acceptors (Lipinski definition) is 1. The number of carbonyl (C=O) groups excluding carboxylic acids is 1. The van der Waals surface area contributed by atoms with Crippen molar-refractivity contribution in [2.75, 3.05) is 0 Å². The van der Waals surface area contributed by atoms with Gasteiger partial charge in [-0.05, 0) is 45.8 Å². The minimum Gasteiger partial charge on any atom is -1.00 e.